The Morgan fingerprint density at radius 2 is 1.96 bits per heavy atom. The number of aromatic amines is 1. The smallest absolute Gasteiger partial charge is 0.100 e. The molecule has 0 saturated carbocycles. The van der Waals surface area contributed by atoms with Crippen molar-refractivity contribution in [3.8, 4) is 0 Å². The number of aryl methyl sites for hydroxylation is 1. The van der Waals surface area contributed by atoms with Crippen molar-refractivity contribution < 1.29 is 4.39 Å². The molecule has 26 heavy (non-hydrogen) atoms. The average molecular weight is 347 g/mol. The third-order valence-corrected chi connectivity index (χ3v) is 4.94. The molecule has 1 aliphatic carbocycles. The van der Waals surface area contributed by atoms with Crippen molar-refractivity contribution in [2.45, 2.75) is 32.6 Å². The van der Waals surface area contributed by atoms with E-state index in [-0.39, 0.29) is 5.83 Å². The highest BCUT2D eigenvalue weighted by molar-refractivity contribution is 6.14. The van der Waals surface area contributed by atoms with Gasteiger partial charge in [0.05, 0.1) is 5.71 Å². The number of nitrogens with two attached hydrogens (primary N) is 1. The third kappa shape index (κ3) is 3.27. The lowest BCUT2D eigenvalue weighted by molar-refractivity contribution is 0.590. The number of aliphatic imine (C=N–C) groups is 1. The van der Waals surface area contributed by atoms with Gasteiger partial charge in [0.15, 0.2) is 0 Å². The molecule has 0 radical (unpaired) electrons. The number of hydrogen-bond donors (Lipinski definition) is 2. The van der Waals surface area contributed by atoms with Crippen LogP contribution in [0.4, 0.5) is 10.1 Å². The van der Waals surface area contributed by atoms with Gasteiger partial charge in [-0.25, -0.2) is 4.39 Å². The highest BCUT2D eigenvalue weighted by atomic mass is 19.1. The summed E-state index contributed by atoms with van der Waals surface area (Å²) < 4.78 is 13.3. The second kappa shape index (κ2) is 6.79. The first-order valence-electron chi connectivity index (χ1n) is 8.97. The molecule has 3 nitrogen and oxygen atoms in total. The lowest BCUT2D eigenvalue weighted by Crippen LogP contribution is -2.08. The Bertz CT molecular complexity index is 973. The largest absolute Gasteiger partial charge is 0.399 e. The zero-order chi connectivity index (χ0) is 18.1. The van der Waals surface area contributed by atoms with Crippen LogP contribution in [0.5, 0.6) is 0 Å². The highest BCUT2D eigenvalue weighted by Gasteiger charge is 2.19. The Morgan fingerprint density at radius 1 is 1.08 bits per heavy atom. The molecule has 1 aromatic carbocycles. The number of nitrogens with one attached hydrogen (secondary N) is 1. The number of fused-ring (bicyclic) bond motifs is 1. The Labute approximate surface area is 152 Å². The van der Waals surface area contributed by atoms with Crippen LogP contribution >= 0.6 is 0 Å². The van der Waals surface area contributed by atoms with Crippen molar-refractivity contribution in [1.29, 1.82) is 0 Å². The van der Waals surface area contributed by atoms with E-state index in [9.17, 15) is 4.39 Å². The van der Waals surface area contributed by atoms with Crippen LogP contribution in [0.1, 0.15) is 48.7 Å². The Hall–Kier alpha value is -2.88. The number of hydrogen-bond acceptors (Lipinski definition) is 2. The molecule has 0 atom stereocenters. The highest BCUT2D eigenvalue weighted by Crippen LogP contribution is 2.30. The number of H-pyrrole nitrogens is 1. The van der Waals surface area contributed by atoms with E-state index < -0.39 is 0 Å². The number of aromatic nitrogens is 1. The van der Waals surface area contributed by atoms with Crippen molar-refractivity contribution in [1.82, 2.24) is 4.98 Å². The summed E-state index contributed by atoms with van der Waals surface area (Å²) in [7, 11) is 0. The summed E-state index contributed by atoms with van der Waals surface area (Å²) in [6, 6.07) is 9.97. The molecule has 1 aromatic heterocycles. The first-order valence-corrected chi connectivity index (χ1v) is 8.97. The van der Waals surface area contributed by atoms with E-state index >= 15 is 0 Å². The van der Waals surface area contributed by atoms with Gasteiger partial charge in [-0.2, -0.15) is 0 Å². The van der Waals surface area contributed by atoms with Crippen LogP contribution < -0.4 is 5.73 Å². The summed E-state index contributed by atoms with van der Waals surface area (Å²) in [4.78, 5) is 8.34. The second-order valence-corrected chi connectivity index (χ2v) is 6.96. The molecule has 3 N–H and O–H groups in total. The third-order valence-electron chi connectivity index (χ3n) is 4.94. The lowest BCUT2D eigenvalue weighted by atomic mass is 9.96. The number of allylic oxidation sites excluding steroid dienone is 5. The molecule has 1 aliphatic heterocycles. The van der Waals surface area contributed by atoms with Crippen molar-refractivity contribution in [2.75, 3.05) is 5.73 Å². The molecule has 4 rings (SSSR count). The maximum atomic E-state index is 13.3. The number of nitrogen functional groups attached to an aromatic ring is 1. The SMILES string of the molecule is CC1=CN=C(c2cccc(N)c2)c2cc(C3=CC=C(F)CC3)[nH]c2CC1. The number of nitrogens with zero attached hydrogens (tertiary/aromatic N) is 1. The van der Waals surface area contributed by atoms with Crippen LogP contribution in [0.2, 0.25) is 0 Å². The molecule has 2 aromatic rings. The molecular formula is C22H22FN3. The van der Waals surface area contributed by atoms with E-state index in [1.54, 1.807) is 6.08 Å². The molecule has 2 aliphatic rings. The minimum absolute atomic E-state index is 0.0551. The number of halogens is 1. The molecule has 0 amide bonds. The minimum atomic E-state index is -0.0551. The fourth-order valence-corrected chi connectivity index (χ4v) is 3.46. The van der Waals surface area contributed by atoms with E-state index in [2.05, 4.69) is 18.0 Å². The monoisotopic (exact) mass is 347 g/mol. The molecule has 132 valence electrons. The van der Waals surface area contributed by atoms with Crippen LogP contribution in [-0.4, -0.2) is 10.7 Å². The van der Waals surface area contributed by atoms with Gasteiger partial charge in [-0.1, -0.05) is 23.8 Å². The molecule has 0 saturated heterocycles. The standard InChI is InChI=1S/C22H22FN3/c1-14-5-10-20-19(12-21(26-20)15-6-8-17(23)9-7-15)22(25-13-14)16-3-2-4-18(24)11-16/h2-4,6,8,11-13,26H,5,7,9-10,24H2,1H3. The molecular weight excluding hydrogens is 325 g/mol. The van der Waals surface area contributed by atoms with E-state index in [0.29, 0.717) is 12.8 Å². The fraction of sp³-hybridized carbons (Fsp3) is 0.227. The molecule has 0 unspecified atom stereocenters. The van der Waals surface area contributed by atoms with Gasteiger partial charge in [-0.15, -0.1) is 0 Å². The maximum Gasteiger partial charge on any atom is 0.100 e. The van der Waals surface area contributed by atoms with Crippen molar-refractivity contribution in [2.24, 2.45) is 4.99 Å². The topological polar surface area (TPSA) is 54.2 Å². The predicted molar refractivity (Wildman–Crippen MR) is 106 cm³/mol. The summed E-state index contributed by atoms with van der Waals surface area (Å²) in [6.07, 6.45) is 8.46. The fourth-order valence-electron chi connectivity index (χ4n) is 3.46. The predicted octanol–water partition coefficient (Wildman–Crippen LogP) is 5.31. The van der Waals surface area contributed by atoms with Crippen LogP contribution in [0, 0.1) is 0 Å². The van der Waals surface area contributed by atoms with E-state index in [1.165, 1.54) is 11.3 Å². The van der Waals surface area contributed by atoms with Gasteiger partial charge >= 0.3 is 0 Å². The van der Waals surface area contributed by atoms with Gasteiger partial charge in [0.1, 0.15) is 5.83 Å². The maximum absolute atomic E-state index is 13.3. The molecule has 0 bridgehead atoms. The summed E-state index contributed by atoms with van der Waals surface area (Å²) in [5.41, 5.74) is 14.3. The quantitative estimate of drug-likeness (QED) is 0.710. The Morgan fingerprint density at radius 3 is 2.73 bits per heavy atom. The van der Waals surface area contributed by atoms with E-state index in [0.717, 1.165) is 46.6 Å². The summed E-state index contributed by atoms with van der Waals surface area (Å²) in [5, 5.41) is 0. The molecule has 4 heteroatoms. The average Bonchev–Trinajstić information content (AvgIpc) is 3.03. The van der Waals surface area contributed by atoms with Crippen LogP contribution in [0.25, 0.3) is 5.57 Å². The second-order valence-electron chi connectivity index (χ2n) is 6.96. The van der Waals surface area contributed by atoms with Crippen LogP contribution in [-0.2, 0) is 6.42 Å². The molecule has 2 heterocycles. The van der Waals surface area contributed by atoms with Gasteiger partial charge in [0.25, 0.3) is 0 Å². The zero-order valence-electron chi connectivity index (χ0n) is 14.8. The van der Waals surface area contributed by atoms with E-state index in [4.69, 9.17) is 10.7 Å². The first kappa shape index (κ1) is 16.6. The lowest BCUT2D eigenvalue weighted by Gasteiger charge is -2.11. The van der Waals surface area contributed by atoms with Crippen molar-refractivity contribution in [3.63, 3.8) is 0 Å². The first-order chi connectivity index (χ1) is 12.6. The van der Waals surface area contributed by atoms with Gasteiger partial charge < -0.3 is 10.7 Å². The summed E-state index contributed by atoms with van der Waals surface area (Å²) in [6.45, 7) is 2.10. The number of anilines is 1. The van der Waals surface area contributed by atoms with Crippen LogP contribution in [0.15, 0.2) is 65.1 Å². The zero-order valence-corrected chi connectivity index (χ0v) is 14.8. The summed E-state index contributed by atoms with van der Waals surface area (Å²) in [5.74, 6) is -0.0551. The van der Waals surface area contributed by atoms with Gasteiger partial charge in [0, 0.05) is 40.8 Å². The van der Waals surface area contributed by atoms with Gasteiger partial charge in [-0.3, -0.25) is 4.99 Å². The van der Waals surface area contributed by atoms with Crippen molar-refractivity contribution >= 4 is 17.0 Å². The molecule has 0 fully saturated rings. The van der Waals surface area contributed by atoms with Crippen molar-refractivity contribution in [3.05, 3.63) is 82.6 Å². The minimum Gasteiger partial charge on any atom is -0.399 e. The van der Waals surface area contributed by atoms with E-state index in [1.807, 2.05) is 36.5 Å². The Kier molecular flexibility index (Phi) is 4.33. The normalized spacial score (nSPS) is 17.3. The molecule has 0 spiro atoms. The summed E-state index contributed by atoms with van der Waals surface area (Å²) >= 11 is 0. The number of rotatable bonds is 2. The van der Waals surface area contributed by atoms with Gasteiger partial charge in [0.2, 0.25) is 0 Å². The van der Waals surface area contributed by atoms with Gasteiger partial charge in [-0.05, 0) is 56.0 Å². The Balaban J connectivity index is 1.82. The van der Waals surface area contributed by atoms with Crippen LogP contribution in [0.3, 0.4) is 0 Å². The number of benzene rings is 1.